The number of benzene rings is 1. The average molecular weight is 327 g/mol. The molecule has 4 heteroatoms. The highest BCUT2D eigenvalue weighted by molar-refractivity contribution is 7.98. The van der Waals surface area contributed by atoms with Crippen LogP contribution in [-0.4, -0.2) is 42.4 Å². The molecular formula is C17H27ClN2S. The standard InChI is InChI=1S/C17H26N2S.ClH/c1-19(17-11-15-7-8-16(12-17)18-15)9-10-20-13-14-5-3-2-4-6-14;/h2-6,15-18H,7-13H2,1H3;1H. The third-order valence-corrected chi connectivity index (χ3v) is 5.78. The first-order chi connectivity index (χ1) is 9.81. The topological polar surface area (TPSA) is 15.3 Å². The van der Waals surface area contributed by atoms with E-state index in [4.69, 9.17) is 0 Å². The summed E-state index contributed by atoms with van der Waals surface area (Å²) in [6.45, 7) is 1.22. The van der Waals surface area contributed by atoms with E-state index in [1.165, 1.54) is 43.5 Å². The zero-order chi connectivity index (χ0) is 13.8. The second-order valence-electron chi connectivity index (χ2n) is 6.28. The van der Waals surface area contributed by atoms with Crippen LogP contribution < -0.4 is 5.32 Å². The Morgan fingerprint density at radius 1 is 1.14 bits per heavy atom. The molecule has 2 fully saturated rings. The third kappa shape index (κ3) is 4.88. The van der Waals surface area contributed by atoms with Crippen molar-refractivity contribution in [3.63, 3.8) is 0 Å². The molecule has 0 spiro atoms. The van der Waals surface area contributed by atoms with Gasteiger partial charge in [-0.25, -0.2) is 0 Å². The van der Waals surface area contributed by atoms with Crippen LogP contribution in [0.2, 0.25) is 0 Å². The number of rotatable bonds is 6. The maximum absolute atomic E-state index is 3.73. The quantitative estimate of drug-likeness (QED) is 0.805. The molecule has 0 saturated carbocycles. The van der Waals surface area contributed by atoms with Gasteiger partial charge < -0.3 is 10.2 Å². The lowest BCUT2D eigenvalue weighted by Gasteiger charge is -2.35. The zero-order valence-electron chi connectivity index (χ0n) is 12.8. The van der Waals surface area contributed by atoms with Crippen molar-refractivity contribution in [3.05, 3.63) is 35.9 Å². The molecule has 2 aliphatic rings. The summed E-state index contributed by atoms with van der Waals surface area (Å²) in [4.78, 5) is 2.60. The van der Waals surface area contributed by atoms with Crippen molar-refractivity contribution >= 4 is 24.2 Å². The van der Waals surface area contributed by atoms with E-state index in [0.717, 1.165) is 23.9 Å². The van der Waals surface area contributed by atoms with Gasteiger partial charge in [0.15, 0.2) is 0 Å². The van der Waals surface area contributed by atoms with Crippen LogP contribution >= 0.6 is 24.2 Å². The van der Waals surface area contributed by atoms with Crippen LogP contribution in [0, 0.1) is 0 Å². The first-order valence-electron chi connectivity index (χ1n) is 7.89. The number of hydrogen-bond donors (Lipinski definition) is 1. The van der Waals surface area contributed by atoms with Crippen molar-refractivity contribution in [2.24, 2.45) is 0 Å². The van der Waals surface area contributed by atoms with Gasteiger partial charge in [0.25, 0.3) is 0 Å². The van der Waals surface area contributed by atoms with E-state index in [0.29, 0.717) is 0 Å². The predicted molar refractivity (Wildman–Crippen MR) is 95.4 cm³/mol. The van der Waals surface area contributed by atoms with Crippen LogP contribution in [-0.2, 0) is 5.75 Å². The second kappa shape index (κ2) is 8.42. The second-order valence-corrected chi connectivity index (χ2v) is 7.39. The number of fused-ring (bicyclic) bond motifs is 2. The molecule has 0 radical (unpaired) electrons. The zero-order valence-corrected chi connectivity index (χ0v) is 14.5. The molecule has 2 atom stereocenters. The fourth-order valence-electron chi connectivity index (χ4n) is 3.54. The highest BCUT2D eigenvalue weighted by atomic mass is 35.5. The largest absolute Gasteiger partial charge is 0.311 e. The van der Waals surface area contributed by atoms with Crippen molar-refractivity contribution in [3.8, 4) is 0 Å². The normalized spacial score (nSPS) is 27.6. The minimum atomic E-state index is 0. The molecule has 1 aromatic rings. The summed E-state index contributed by atoms with van der Waals surface area (Å²) in [5.74, 6) is 2.39. The minimum Gasteiger partial charge on any atom is -0.311 e. The molecule has 2 bridgehead atoms. The summed E-state index contributed by atoms with van der Waals surface area (Å²) in [5.41, 5.74) is 1.44. The Bertz CT molecular complexity index is 403. The van der Waals surface area contributed by atoms with Gasteiger partial charge in [0, 0.05) is 36.2 Å². The molecule has 2 saturated heterocycles. The lowest BCUT2D eigenvalue weighted by Crippen LogP contribution is -2.47. The van der Waals surface area contributed by atoms with Crippen LogP contribution in [0.25, 0.3) is 0 Å². The number of nitrogens with zero attached hydrogens (tertiary/aromatic N) is 1. The monoisotopic (exact) mass is 326 g/mol. The number of thioether (sulfide) groups is 1. The van der Waals surface area contributed by atoms with Crippen molar-refractivity contribution in [2.75, 3.05) is 19.3 Å². The molecule has 2 unspecified atom stereocenters. The van der Waals surface area contributed by atoms with E-state index in [2.05, 4.69) is 59.4 Å². The lowest BCUT2D eigenvalue weighted by molar-refractivity contribution is 0.181. The summed E-state index contributed by atoms with van der Waals surface area (Å²) in [6.07, 6.45) is 5.52. The van der Waals surface area contributed by atoms with Gasteiger partial charge in [-0.05, 0) is 38.3 Å². The molecule has 2 nitrogen and oxygen atoms in total. The molecule has 0 aliphatic carbocycles. The van der Waals surface area contributed by atoms with Gasteiger partial charge in [-0.1, -0.05) is 30.3 Å². The van der Waals surface area contributed by atoms with Crippen molar-refractivity contribution < 1.29 is 0 Å². The van der Waals surface area contributed by atoms with Crippen LogP contribution in [0.1, 0.15) is 31.2 Å². The number of piperidine rings is 1. The van der Waals surface area contributed by atoms with Crippen molar-refractivity contribution in [1.82, 2.24) is 10.2 Å². The Labute approximate surface area is 139 Å². The molecule has 118 valence electrons. The molecule has 1 aromatic carbocycles. The third-order valence-electron chi connectivity index (χ3n) is 4.77. The van der Waals surface area contributed by atoms with Crippen LogP contribution in [0.3, 0.4) is 0 Å². The molecule has 2 aliphatic heterocycles. The smallest absolute Gasteiger partial charge is 0.0185 e. The van der Waals surface area contributed by atoms with E-state index in [-0.39, 0.29) is 12.4 Å². The van der Waals surface area contributed by atoms with Gasteiger partial charge in [-0.15, -0.1) is 12.4 Å². The molecule has 0 amide bonds. The fourth-order valence-corrected chi connectivity index (χ4v) is 4.53. The average Bonchev–Trinajstić information content (AvgIpc) is 2.83. The first-order valence-corrected chi connectivity index (χ1v) is 9.04. The van der Waals surface area contributed by atoms with Crippen LogP contribution in [0.4, 0.5) is 0 Å². The molecule has 1 N–H and O–H groups in total. The van der Waals surface area contributed by atoms with Gasteiger partial charge in [-0.2, -0.15) is 11.8 Å². The van der Waals surface area contributed by atoms with E-state index in [1.54, 1.807) is 0 Å². The molecule has 21 heavy (non-hydrogen) atoms. The summed E-state index contributed by atoms with van der Waals surface area (Å²) < 4.78 is 0. The van der Waals surface area contributed by atoms with Gasteiger partial charge >= 0.3 is 0 Å². The Balaban J connectivity index is 0.00000161. The van der Waals surface area contributed by atoms with Gasteiger partial charge in [-0.3, -0.25) is 0 Å². The number of halogens is 1. The Morgan fingerprint density at radius 2 is 1.81 bits per heavy atom. The number of hydrogen-bond acceptors (Lipinski definition) is 3. The van der Waals surface area contributed by atoms with Crippen molar-refractivity contribution in [1.29, 1.82) is 0 Å². The summed E-state index contributed by atoms with van der Waals surface area (Å²) in [7, 11) is 2.32. The maximum atomic E-state index is 3.73. The summed E-state index contributed by atoms with van der Waals surface area (Å²) in [5, 5.41) is 3.73. The Morgan fingerprint density at radius 3 is 2.48 bits per heavy atom. The van der Waals surface area contributed by atoms with Gasteiger partial charge in [0.2, 0.25) is 0 Å². The number of nitrogens with one attached hydrogen (secondary N) is 1. The minimum absolute atomic E-state index is 0. The van der Waals surface area contributed by atoms with E-state index < -0.39 is 0 Å². The van der Waals surface area contributed by atoms with E-state index in [9.17, 15) is 0 Å². The van der Waals surface area contributed by atoms with Crippen molar-refractivity contribution in [2.45, 2.75) is 49.6 Å². The lowest BCUT2D eigenvalue weighted by atomic mass is 9.99. The highest BCUT2D eigenvalue weighted by Crippen LogP contribution is 2.29. The summed E-state index contributed by atoms with van der Waals surface area (Å²) in [6, 6.07) is 13.2. The van der Waals surface area contributed by atoms with Gasteiger partial charge in [0.1, 0.15) is 0 Å². The first kappa shape index (κ1) is 17.1. The molecular weight excluding hydrogens is 300 g/mol. The highest BCUT2D eigenvalue weighted by Gasteiger charge is 2.34. The fraction of sp³-hybridized carbons (Fsp3) is 0.647. The molecule has 2 heterocycles. The molecule has 0 aromatic heterocycles. The van der Waals surface area contributed by atoms with E-state index in [1.807, 2.05) is 0 Å². The Hall–Kier alpha value is -0.220. The maximum Gasteiger partial charge on any atom is 0.0185 e. The molecule has 3 rings (SSSR count). The SMILES string of the molecule is CN(CCSCc1ccccc1)C1CC2CCC(C1)N2.Cl. The summed E-state index contributed by atoms with van der Waals surface area (Å²) >= 11 is 2.06. The van der Waals surface area contributed by atoms with E-state index >= 15 is 0 Å². The van der Waals surface area contributed by atoms with Gasteiger partial charge in [0.05, 0.1) is 0 Å². The Kier molecular flexibility index (Phi) is 6.87. The van der Waals surface area contributed by atoms with Crippen LogP contribution in [0.5, 0.6) is 0 Å². The van der Waals surface area contributed by atoms with Crippen LogP contribution in [0.15, 0.2) is 30.3 Å². The predicted octanol–water partition coefficient (Wildman–Crippen LogP) is 3.56.